The fourth-order valence-corrected chi connectivity index (χ4v) is 4.75. The van der Waals surface area contributed by atoms with Gasteiger partial charge in [0.05, 0.1) is 0 Å². The molecule has 1 heterocycles. The quantitative estimate of drug-likeness (QED) is 0.781. The van der Waals surface area contributed by atoms with E-state index in [2.05, 4.69) is 27.2 Å². The zero-order valence-electron chi connectivity index (χ0n) is 16.9. The van der Waals surface area contributed by atoms with E-state index in [0.29, 0.717) is 17.9 Å². The maximum atomic E-state index is 13.3. The van der Waals surface area contributed by atoms with Crippen LogP contribution >= 0.6 is 0 Å². The molecule has 1 aromatic heterocycles. The van der Waals surface area contributed by atoms with Crippen LogP contribution < -0.4 is 0 Å². The first kappa shape index (κ1) is 19.1. The summed E-state index contributed by atoms with van der Waals surface area (Å²) >= 11 is 0. The Hall–Kier alpha value is -2.24. The summed E-state index contributed by atoms with van der Waals surface area (Å²) in [4.78, 5) is 17.0. The fraction of sp³-hybridized carbons (Fsp3) is 0.636. The molecule has 0 saturated heterocycles. The lowest BCUT2D eigenvalue weighted by Crippen LogP contribution is -2.50. The molecular formula is C22H31N5O. The minimum Gasteiger partial charge on any atom is -0.335 e. The van der Waals surface area contributed by atoms with Crippen molar-refractivity contribution in [3.63, 3.8) is 0 Å². The van der Waals surface area contributed by atoms with Crippen LogP contribution in [0.25, 0.3) is 11.4 Å². The van der Waals surface area contributed by atoms with E-state index in [1.807, 2.05) is 24.3 Å². The summed E-state index contributed by atoms with van der Waals surface area (Å²) in [7, 11) is 0. The van der Waals surface area contributed by atoms with E-state index in [9.17, 15) is 4.79 Å². The highest BCUT2D eigenvalue weighted by molar-refractivity contribution is 5.76. The van der Waals surface area contributed by atoms with Gasteiger partial charge in [-0.05, 0) is 37.8 Å². The lowest BCUT2D eigenvalue weighted by atomic mass is 9.88. The number of benzene rings is 1. The van der Waals surface area contributed by atoms with Crippen LogP contribution in [0.3, 0.4) is 0 Å². The largest absolute Gasteiger partial charge is 0.335 e. The van der Waals surface area contributed by atoms with Gasteiger partial charge in [0.15, 0.2) is 0 Å². The van der Waals surface area contributed by atoms with Gasteiger partial charge in [0, 0.05) is 17.6 Å². The minimum absolute atomic E-state index is 0.159. The van der Waals surface area contributed by atoms with Crippen molar-refractivity contribution in [2.75, 3.05) is 0 Å². The Morgan fingerprint density at radius 2 is 1.54 bits per heavy atom. The third-order valence-electron chi connectivity index (χ3n) is 6.26. The van der Waals surface area contributed by atoms with Gasteiger partial charge in [-0.3, -0.25) is 4.79 Å². The molecule has 2 aliphatic carbocycles. The van der Waals surface area contributed by atoms with Gasteiger partial charge in [-0.25, -0.2) is 0 Å². The molecule has 0 aliphatic heterocycles. The normalized spacial score (nSPS) is 18.9. The number of rotatable bonds is 5. The fourth-order valence-electron chi connectivity index (χ4n) is 4.75. The molecule has 2 aliphatic rings. The molecule has 0 N–H and O–H groups in total. The first-order valence-corrected chi connectivity index (χ1v) is 10.9. The molecule has 28 heavy (non-hydrogen) atoms. The number of amides is 1. The maximum absolute atomic E-state index is 13.3. The topological polar surface area (TPSA) is 63.9 Å². The number of nitrogens with zero attached hydrogens (tertiary/aromatic N) is 5. The number of aryl methyl sites for hydroxylation is 1. The minimum atomic E-state index is 0.159. The number of carbonyl (C=O) groups is 1. The van der Waals surface area contributed by atoms with Crippen LogP contribution in [0, 0.1) is 6.92 Å². The lowest BCUT2D eigenvalue weighted by Gasteiger charge is -2.41. The molecule has 2 saturated carbocycles. The van der Waals surface area contributed by atoms with Crippen molar-refractivity contribution in [3.05, 3.63) is 29.8 Å². The summed E-state index contributed by atoms with van der Waals surface area (Å²) in [5, 5.41) is 12.8. The molecule has 2 aromatic rings. The van der Waals surface area contributed by atoms with Gasteiger partial charge < -0.3 is 4.90 Å². The average molecular weight is 382 g/mol. The van der Waals surface area contributed by atoms with E-state index in [1.165, 1.54) is 48.9 Å². The van der Waals surface area contributed by atoms with Gasteiger partial charge in [-0.1, -0.05) is 68.4 Å². The van der Waals surface area contributed by atoms with E-state index in [1.54, 1.807) is 0 Å². The second-order valence-electron chi connectivity index (χ2n) is 8.39. The van der Waals surface area contributed by atoms with Crippen LogP contribution in [0.2, 0.25) is 0 Å². The molecule has 4 rings (SSSR count). The summed E-state index contributed by atoms with van der Waals surface area (Å²) < 4.78 is 0. The predicted octanol–water partition coefficient (Wildman–Crippen LogP) is 4.14. The Balaban J connectivity index is 1.48. The first-order valence-electron chi connectivity index (χ1n) is 10.9. The molecule has 6 heteroatoms. The molecule has 0 bridgehead atoms. The van der Waals surface area contributed by atoms with Crippen molar-refractivity contribution in [1.29, 1.82) is 0 Å². The van der Waals surface area contributed by atoms with Gasteiger partial charge in [0.25, 0.3) is 0 Å². The highest BCUT2D eigenvalue weighted by Gasteiger charge is 2.32. The number of hydrogen-bond acceptors (Lipinski definition) is 4. The number of carbonyl (C=O) groups excluding carboxylic acids is 1. The SMILES string of the molecule is Cc1ccc(-c2nnn(CC(=O)N(C3CCCCC3)C3CCCCC3)n2)cc1. The van der Waals surface area contributed by atoms with E-state index in [-0.39, 0.29) is 12.5 Å². The Morgan fingerprint density at radius 3 is 2.11 bits per heavy atom. The van der Waals surface area contributed by atoms with Gasteiger partial charge in [0.2, 0.25) is 11.7 Å². The van der Waals surface area contributed by atoms with E-state index < -0.39 is 0 Å². The highest BCUT2D eigenvalue weighted by atomic mass is 16.2. The van der Waals surface area contributed by atoms with Crippen molar-refractivity contribution < 1.29 is 4.79 Å². The maximum Gasteiger partial charge on any atom is 0.246 e. The lowest BCUT2D eigenvalue weighted by molar-refractivity contribution is -0.139. The third kappa shape index (κ3) is 4.42. The molecule has 1 amide bonds. The van der Waals surface area contributed by atoms with Gasteiger partial charge in [-0.2, -0.15) is 4.80 Å². The summed E-state index contributed by atoms with van der Waals surface area (Å²) in [6.45, 7) is 2.24. The Morgan fingerprint density at radius 1 is 0.964 bits per heavy atom. The average Bonchev–Trinajstić information content (AvgIpc) is 3.19. The Kier molecular flexibility index (Phi) is 6.03. The monoisotopic (exact) mass is 381 g/mol. The molecule has 0 unspecified atom stereocenters. The molecular weight excluding hydrogens is 350 g/mol. The highest BCUT2D eigenvalue weighted by Crippen LogP contribution is 2.30. The van der Waals surface area contributed by atoms with Crippen molar-refractivity contribution >= 4 is 5.91 Å². The summed E-state index contributed by atoms with van der Waals surface area (Å²) in [6.07, 6.45) is 12.1. The van der Waals surface area contributed by atoms with E-state index in [0.717, 1.165) is 31.2 Å². The van der Waals surface area contributed by atoms with Crippen molar-refractivity contribution in [2.24, 2.45) is 0 Å². The van der Waals surface area contributed by atoms with Crippen LogP contribution in [0.5, 0.6) is 0 Å². The van der Waals surface area contributed by atoms with Crippen molar-refractivity contribution in [3.8, 4) is 11.4 Å². The third-order valence-corrected chi connectivity index (χ3v) is 6.26. The molecule has 0 spiro atoms. The predicted molar refractivity (Wildman–Crippen MR) is 109 cm³/mol. The number of tetrazole rings is 1. The second kappa shape index (κ2) is 8.84. The Bertz CT molecular complexity index is 754. The standard InChI is InChI=1S/C22H31N5O/c1-17-12-14-18(15-13-17)22-23-25-26(24-22)16-21(28)27(19-8-4-2-5-9-19)20-10-6-3-7-11-20/h12-15,19-20H,2-11,16H2,1H3. The molecule has 150 valence electrons. The van der Waals surface area contributed by atoms with Crippen molar-refractivity contribution in [2.45, 2.75) is 89.8 Å². The molecule has 1 aromatic carbocycles. The smallest absolute Gasteiger partial charge is 0.246 e. The van der Waals surface area contributed by atoms with Crippen molar-refractivity contribution in [1.82, 2.24) is 25.1 Å². The van der Waals surface area contributed by atoms with Crippen LogP contribution in [0.15, 0.2) is 24.3 Å². The van der Waals surface area contributed by atoms with E-state index in [4.69, 9.17) is 0 Å². The first-order chi connectivity index (χ1) is 13.7. The van der Waals surface area contributed by atoms with Gasteiger partial charge >= 0.3 is 0 Å². The second-order valence-corrected chi connectivity index (χ2v) is 8.39. The van der Waals surface area contributed by atoms with Crippen LogP contribution in [0.4, 0.5) is 0 Å². The van der Waals surface area contributed by atoms with Gasteiger partial charge in [-0.15, -0.1) is 10.2 Å². The van der Waals surface area contributed by atoms with Gasteiger partial charge in [0.1, 0.15) is 6.54 Å². The molecule has 2 fully saturated rings. The summed E-state index contributed by atoms with van der Waals surface area (Å²) in [6, 6.07) is 8.85. The number of hydrogen-bond donors (Lipinski definition) is 0. The summed E-state index contributed by atoms with van der Waals surface area (Å²) in [5.41, 5.74) is 2.13. The van der Waals surface area contributed by atoms with E-state index >= 15 is 0 Å². The van der Waals surface area contributed by atoms with Crippen LogP contribution in [-0.2, 0) is 11.3 Å². The molecule has 0 radical (unpaired) electrons. The zero-order chi connectivity index (χ0) is 19.3. The van der Waals surface area contributed by atoms with Crippen LogP contribution in [0.1, 0.15) is 69.8 Å². The Labute approximate surface area is 167 Å². The van der Waals surface area contributed by atoms with Crippen LogP contribution in [-0.4, -0.2) is 43.1 Å². The molecule has 6 nitrogen and oxygen atoms in total. The number of aromatic nitrogens is 4. The summed E-state index contributed by atoms with van der Waals surface area (Å²) in [5.74, 6) is 0.737. The molecule has 0 atom stereocenters. The zero-order valence-corrected chi connectivity index (χ0v) is 16.9.